The molecule has 109 heavy (non-hydrogen) atoms. The van der Waals surface area contributed by atoms with Crippen LogP contribution in [-0.4, -0.2) is 181 Å². The van der Waals surface area contributed by atoms with E-state index in [0.717, 1.165) is 163 Å². The number of benzene rings is 6. The van der Waals surface area contributed by atoms with Gasteiger partial charge in [-0.2, -0.15) is 15.3 Å². The molecule has 1 aliphatic rings. The Kier molecular flexibility index (Phi) is 25.3. The molecule has 13 aromatic rings. The predicted octanol–water partition coefficient (Wildman–Crippen LogP) is 13.5. The molecular formula is C81H96N20O8. The highest BCUT2D eigenvalue weighted by Gasteiger charge is 2.25. The number of aliphatic hydroxyl groups excluding tert-OH is 1. The van der Waals surface area contributed by atoms with Crippen LogP contribution in [0.25, 0.3) is 66.9 Å². The van der Waals surface area contributed by atoms with Gasteiger partial charge in [0.05, 0.1) is 137 Å². The molecule has 1 saturated carbocycles. The minimum absolute atomic E-state index is 0.0490. The second kappa shape index (κ2) is 36.1. The molecule has 28 nitrogen and oxygen atoms in total. The fraction of sp³-hybridized carbons (Fsp3) is 0.346. The van der Waals surface area contributed by atoms with Gasteiger partial charge < -0.3 is 68.2 Å². The summed E-state index contributed by atoms with van der Waals surface area (Å²) >= 11 is 0. The van der Waals surface area contributed by atoms with Crippen LogP contribution in [0.3, 0.4) is 0 Å². The minimum atomic E-state index is -0.0490. The fourth-order valence-corrected chi connectivity index (χ4v) is 13.1. The average molecular weight is 1480 g/mol. The van der Waals surface area contributed by atoms with Gasteiger partial charge in [0.15, 0.2) is 0 Å². The Balaban J connectivity index is 0.000000153. The van der Waals surface area contributed by atoms with Crippen LogP contribution in [0.4, 0.5) is 40.1 Å². The first-order valence-electron chi connectivity index (χ1n) is 36.4. The highest BCUT2D eigenvalue weighted by molar-refractivity contribution is 5.86. The van der Waals surface area contributed by atoms with Crippen LogP contribution in [0.1, 0.15) is 58.8 Å². The Morgan fingerprint density at radius 1 is 0.486 bits per heavy atom. The lowest BCUT2D eigenvalue weighted by Crippen LogP contribution is -2.33. The number of aryl methyl sites for hydroxylation is 3. The van der Waals surface area contributed by atoms with Gasteiger partial charge in [-0.25, -0.2) is 15.0 Å². The van der Waals surface area contributed by atoms with Crippen LogP contribution < -0.4 is 53.8 Å². The van der Waals surface area contributed by atoms with E-state index in [2.05, 4.69) is 143 Å². The molecule has 0 spiro atoms. The summed E-state index contributed by atoms with van der Waals surface area (Å²) in [7, 11) is 18.1. The molecule has 6 aromatic carbocycles. The molecule has 7 heterocycles. The van der Waals surface area contributed by atoms with E-state index in [0.29, 0.717) is 36.0 Å². The SMILES string of the molecule is CCn1cc(-c2cnc3ccc(N(CCNC(C)C)c4cc(OC)cc(OC)c4)cc3n2)cn1.COc1cc(OC)cc(N(CCC2CCC(N(C)C)CC2)c2ccc3ncc(-c4cnn(C)c4)nc3c2)c1.COc1cc(OC)cc(N(Cc2nnc(NCCO)o2)c2ccc3ncc(-c4cnn(C)c4)nc3c2)c1. The number of hydrogen-bond donors (Lipinski definition) is 3. The molecular weight excluding hydrogens is 1380 g/mol. The molecule has 0 atom stereocenters. The van der Waals surface area contributed by atoms with Gasteiger partial charge in [0, 0.05) is 183 Å². The van der Waals surface area contributed by atoms with Crippen molar-refractivity contribution in [1.82, 2.24) is 79.7 Å². The zero-order chi connectivity index (χ0) is 76.5. The zero-order valence-corrected chi connectivity index (χ0v) is 64.2. The summed E-state index contributed by atoms with van der Waals surface area (Å²) in [6, 6.07) is 37.2. The van der Waals surface area contributed by atoms with Gasteiger partial charge in [-0.15, -0.1) is 5.10 Å². The number of nitrogens with zero attached hydrogens (tertiary/aromatic N) is 18. The lowest BCUT2D eigenvalue weighted by Gasteiger charge is -2.34. The summed E-state index contributed by atoms with van der Waals surface area (Å²) in [6.07, 6.45) is 22.8. The molecule has 0 radical (unpaired) electrons. The molecule has 1 fully saturated rings. The summed E-state index contributed by atoms with van der Waals surface area (Å²) < 4.78 is 44.4. The highest BCUT2D eigenvalue weighted by atomic mass is 16.5. The number of hydrogen-bond acceptors (Lipinski definition) is 25. The average Bonchev–Trinajstić information content (AvgIpc) is 1.35. The molecule has 3 N–H and O–H groups in total. The zero-order valence-electron chi connectivity index (χ0n) is 64.2. The lowest BCUT2D eigenvalue weighted by atomic mass is 9.83. The van der Waals surface area contributed by atoms with Gasteiger partial charge in [-0.1, -0.05) is 18.9 Å². The van der Waals surface area contributed by atoms with Crippen molar-refractivity contribution >= 4 is 73.2 Å². The lowest BCUT2D eigenvalue weighted by molar-refractivity contribution is 0.190. The molecule has 14 rings (SSSR count). The molecule has 568 valence electrons. The second-order valence-corrected chi connectivity index (χ2v) is 27.0. The van der Waals surface area contributed by atoms with E-state index < -0.39 is 0 Å². The number of rotatable bonds is 29. The van der Waals surface area contributed by atoms with Crippen molar-refractivity contribution in [2.45, 2.75) is 78.0 Å². The fourth-order valence-electron chi connectivity index (χ4n) is 13.1. The topological polar surface area (TPSA) is 282 Å². The number of nitrogens with one attached hydrogen (secondary N) is 2. The van der Waals surface area contributed by atoms with Gasteiger partial charge in [0.1, 0.15) is 41.0 Å². The van der Waals surface area contributed by atoms with Crippen molar-refractivity contribution < 1.29 is 37.9 Å². The Bertz CT molecular complexity index is 5080. The van der Waals surface area contributed by atoms with Crippen LogP contribution in [0, 0.1) is 5.92 Å². The van der Waals surface area contributed by atoms with E-state index in [4.69, 9.17) is 52.9 Å². The van der Waals surface area contributed by atoms with E-state index in [1.807, 2.05) is 122 Å². The molecule has 0 amide bonds. The maximum Gasteiger partial charge on any atom is 0.315 e. The Morgan fingerprint density at radius 3 is 1.30 bits per heavy atom. The molecule has 0 saturated heterocycles. The van der Waals surface area contributed by atoms with Crippen molar-refractivity contribution in [1.29, 1.82) is 0 Å². The summed E-state index contributed by atoms with van der Waals surface area (Å²) in [5, 5.41) is 36.5. The third-order valence-electron chi connectivity index (χ3n) is 19.1. The Labute approximate surface area is 634 Å². The molecule has 7 aromatic heterocycles. The first-order chi connectivity index (χ1) is 53.0. The van der Waals surface area contributed by atoms with Gasteiger partial charge in [0.25, 0.3) is 0 Å². The van der Waals surface area contributed by atoms with Gasteiger partial charge >= 0.3 is 6.01 Å². The normalized spacial score (nSPS) is 13.4. The quantitative estimate of drug-likeness (QED) is 0.0393. The van der Waals surface area contributed by atoms with Gasteiger partial charge in [-0.05, 0) is 114 Å². The van der Waals surface area contributed by atoms with Crippen molar-refractivity contribution in [3.63, 3.8) is 0 Å². The summed E-state index contributed by atoms with van der Waals surface area (Å²) in [4.78, 5) is 37.5. The van der Waals surface area contributed by atoms with Crippen molar-refractivity contribution in [3.05, 3.63) is 171 Å². The number of anilines is 7. The molecule has 0 unspecified atom stereocenters. The van der Waals surface area contributed by atoms with Crippen LogP contribution in [-0.2, 0) is 27.2 Å². The van der Waals surface area contributed by atoms with E-state index in [9.17, 15) is 0 Å². The van der Waals surface area contributed by atoms with Crippen LogP contribution in [0.5, 0.6) is 34.5 Å². The van der Waals surface area contributed by atoms with Gasteiger partial charge in [0.2, 0.25) is 5.89 Å². The number of aliphatic hydroxyl groups is 1. The summed E-state index contributed by atoms with van der Waals surface area (Å²) in [5.41, 5.74) is 15.7. The number of methoxy groups -OCH3 is 6. The smallest absolute Gasteiger partial charge is 0.315 e. The van der Waals surface area contributed by atoms with Crippen molar-refractivity contribution in [2.75, 3.05) is 110 Å². The van der Waals surface area contributed by atoms with E-state index >= 15 is 0 Å². The van der Waals surface area contributed by atoms with Gasteiger partial charge in [-0.3, -0.25) is 29.0 Å². The standard InChI is InChI=1S/C30H38N6O2.C26H32N6O2.C25H26N8O4/c1-34(2)23-8-6-21(7-9-23)12-13-36(25-14-26(37-4)17-27(15-25)38-5)24-10-11-28-29(16-24)33-30(19-31-28)22-18-32-35(3)20-22;1-6-31-17-19(15-29-31)26-16-28-24-8-7-20(13-25(24)30-26)32(10-9-27-18(2)3)21-11-22(33-4)14-23(12-21)34-5;1-32-14-16(12-28-32)23-13-27-21-5-4-17(10-22(21)29-23)33(15-24-30-31-25(37-24)26-6-7-34)18-8-19(35-2)11-20(9-18)36-3/h10-11,14-21,23H,6-9,12-13H2,1-5H3;7-8,11-18,27H,6,9-10H2,1-5H3;4-5,8-14,34H,6-7,15H2,1-3H3,(H,26,31). The molecule has 1 aliphatic carbocycles. The second-order valence-electron chi connectivity index (χ2n) is 27.0. The first-order valence-corrected chi connectivity index (χ1v) is 36.4. The minimum Gasteiger partial charge on any atom is -0.497 e. The maximum atomic E-state index is 9.06. The number of ether oxygens (including phenoxy) is 6. The van der Waals surface area contributed by atoms with Crippen molar-refractivity contribution in [2.24, 2.45) is 20.0 Å². The molecule has 0 bridgehead atoms. The third kappa shape index (κ3) is 19.4. The third-order valence-corrected chi connectivity index (χ3v) is 19.1. The van der Waals surface area contributed by atoms with E-state index in [1.54, 1.807) is 76.7 Å². The van der Waals surface area contributed by atoms with Crippen molar-refractivity contribution in [3.8, 4) is 68.3 Å². The van der Waals surface area contributed by atoms with E-state index in [-0.39, 0.29) is 19.2 Å². The van der Waals surface area contributed by atoms with Crippen LogP contribution >= 0.6 is 0 Å². The Morgan fingerprint density at radius 2 is 0.908 bits per heavy atom. The first kappa shape index (κ1) is 76.6. The van der Waals surface area contributed by atoms with E-state index in [1.165, 1.54) is 25.7 Å². The van der Waals surface area contributed by atoms with Crippen LogP contribution in [0.2, 0.25) is 0 Å². The number of fused-ring (bicyclic) bond motifs is 3. The number of aromatic nitrogens is 14. The largest absolute Gasteiger partial charge is 0.497 e. The Hall–Kier alpha value is -12.0. The summed E-state index contributed by atoms with van der Waals surface area (Å²) in [5.74, 6) is 5.39. The van der Waals surface area contributed by atoms with Crippen LogP contribution in [0.15, 0.2) is 169 Å². The summed E-state index contributed by atoms with van der Waals surface area (Å²) in [6.45, 7) is 10.2. The monoisotopic (exact) mass is 1480 g/mol. The predicted molar refractivity (Wildman–Crippen MR) is 425 cm³/mol. The molecule has 28 heteroatoms. The highest BCUT2D eigenvalue weighted by Crippen LogP contribution is 2.40. The molecule has 0 aliphatic heterocycles. The maximum absolute atomic E-state index is 9.06.